The van der Waals surface area contributed by atoms with Crippen molar-refractivity contribution in [3.05, 3.63) is 39.9 Å². The highest BCUT2D eigenvalue weighted by atomic mass is 16.1. The summed E-state index contributed by atoms with van der Waals surface area (Å²) in [4.78, 5) is 29.9. The van der Waals surface area contributed by atoms with E-state index >= 15 is 0 Å². The molecule has 0 saturated heterocycles. The molecule has 146 valence electrons. The molecule has 0 fully saturated rings. The van der Waals surface area contributed by atoms with Crippen LogP contribution in [0.4, 0.5) is 0 Å². The van der Waals surface area contributed by atoms with Crippen LogP contribution in [0.5, 0.6) is 0 Å². The molecule has 27 heavy (non-hydrogen) atoms. The van der Waals surface area contributed by atoms with Crippen LogP contribution < -0.4 is 16.2 Å². The Morgan fingerprint density at radius 3 is 2.85 bits per heavy atom. The molecule has 1 aliphatic rings. The highest BCUT2D eigenvalue weighted by Gasteiger charge is 2.15. The van der Waals surface area contributed by atoms with E-state index in [9.17, 15) is 9.59 Å². The molecular formula is C21H31N4O2+. The number of quaternary nitrogens is 1. The van der Waals surface area contributed by atoms with Gasteiger partial charge in [-0.15, -0.1) is 0 Å². The van der Waals surface area contributed by atoms with Gasteiger partial charge in [-0.1, -0.05) is 6.42 Å². The number of aryl methyl sites for hydroxylation is 1. The van der Waals surface area contributed by atoms with Crippen molar-refractivity contribution in [2.45, 2.75) is 65.0 Å². The monoisotopic (exact) mass is 371 g/mol. The minimum Gasteiger partial charge on any atom is -0.352 e. The number of nitrogens with zero attached hydrogens (tertiary/aromatic N) is 2. The van der Waals surface area contributed by atoms with Crippen molar-refractivity contribution in [1.29, 1.82) is 0 Å². The number of nitrogens with one attached hydrogen (secondary N) is 1. The van der Waals surface area contributed by atoms with Gasteiger partial charge >= 0.3 is 0 Å². The molecule has 1 amide bonds. The van der Waals surface area contributed by atoms with Gasteiger partial charge in [0.25, 0.3) is 11.5 Å². The molecule has 0 unspecified atom stereocenters. The molecule has 0 saturated carbocycles. The van der Waals surface area contributed by atoms with Gasteiger partial charge in [0.15, 0.2) is 0 Å². The van der Waals surface area contributed by atoms with Gasteiger partial charge in [-0.3, -0.25) is 14.2 Å². The molecule has 0 atom stereocenters. The van der Waals surface area contributed by atoms with Crippen molar-refractivity contribution >= 4 is 16.8 Å². The summed E-state index contributed by atoms with van der Waals surface area (Å²) in [7, 11) is 0. The maximum absolute atomic E-state index is 12.8. The summed E-state index contributed by atoms with van der Waals surface area (Å²) in [5.74, 6) is 0.741. The molecule has 0 radical (unpaired) electrons. The average molecular weight is 372 g/mol. The third-order valence-corrected chi connectivity index (χ3v) is 5.00. The number of carbonyl (C=O) groups is 1. The number of carbonyl (C=O) groups excluding carboxylic acids is 1. The zero-order valence-corrected chi connectivity index (χ0v) is 16.7. The minimum atomic E-state index is -0.107. The summed E-state index contributed by atoms with van der Waals surface area (Å²) >= 11 is 0. The summed E-state index contributed by atoms with van der Waals surface area (Å²) in [5.41, 5.74) is 1.41. The summed E-state index contributed by atoms with van der Waals surface area (Å²) in [5, 5.41) is 5.84. The second-order valence-corrected chi connectivity index (χ2v) is 8.50. The van der Waals surface area contributed by atoms with Crippen molar-refractivity contribution in [3.8, 4) is 0 Å². The molecule has 0 bridgehead atoms. The number of nitrogens with two attached hydrogens (primary N) is 1. The molecule has 3 rings (SSSR count). The first-order valence-electron chi connectivity index (χ1n) is 10.0. The van der Waals surface area contributed by atoms with Gasteiger partial charge in [0.1, 0.15) is 5.82 Å². The average Bonchev–Trinajstić information content (AvgIpc) is 2.85. The fraction of sp³-hybridized carbons (Fsp3) is 0.571. The van der Waals surface area contributed by atoms with E-state index in [1.165, 1.54) is 0 Å². The summed E-state index contributed by atoms with van der Waals surface area (Å²) in [6, 6.07) is 5.22. The van der Waals surface area contributed by atoms with E-state index < -0.39 is 0 Å². The van der Waals surface area contributed by atoms with E-state index in [1.54, 1.807) is 22.8 Å². The number of benzene rings is 1. The molecule has 2 aromatic rings. The van der Waals surface area contributed by atoms with Crippen LogP contribution in [0.2, 0.25) is 0 Å². The molecule has 2 heterocycles. The Morgan fingerprint density at radius 1 is 1.26 bits per heavy atom. The third kappa shape index (κ3) is 4.95. The molecule has 6 heteroatoms. The fourth-order valence-corrected chi connectivity index (χ4v) is 3.50. The maximum atomic E-state index is 12.8. The van der Waals surface area contributed by atoms with Crippen LogP contribution in [0.15, 0.2) is 23.0 Å². The lowest BCUT2D eigenvalue weighted by Gasteiger charge is -2.16. The van der Waals surface area contributed by atoms with Gasteiger partial charge in [0.05, 0.1) is 23.0 Å². The Balaban J connectivity index is 1.70. The van der Waals surface area contributed by atoms with E-state index in [1.807, 2.05) is 0 Å². The van der Waals surface area contributed by atoms with Crippen LogP contribution in [-0.2, 0) is 13.0 Å². The second-order valence-electron chi connectivity index (χ2n) is 8.50. The van der Waals surface area contributed by atoms with Gasteiger partial charge < -0.3 is 10.6 Å². The largest absolute Gasteiger partial charge is 0.352 e. The SMILES string of the molecule is CC(C)(C)[NH2+]CCCNC(=O)c1ccc2c(=O)n3c(nc2c1)CCCCC3. The topological polar surface area (TPSA) is 80.6 Å². The first kappa shape index (κ1) is 19.5. The third-order valence-electron chi connectivity index (χ3n) is 5.00. The normalized spacial score (nSPS) is 14.6. The van der Waals surface area contributed by atoms with E-state index in [0.717, 1.165) is 51.0 Å². The number of aromatic nitrogens is 2. The lowest BCUT2D eigenvalue weighted by atomic mass is 10.1. The fourth-order valence-electron chi connectivity index (χ4n) is 3.50. The van der Waals surface area contributed by atoms with Crippen LogP contribution in [0.1, 0.15) is 62.6 Å². The standard InChI is InChI=1S/C21H30N4O2/c1-21(2,3)23-12-7-11-22-19(26)15-9-10-16-17(14-15)24-18-8-5-4-6-13-25(18)20(16)27/h9-10,14,23H,4-8,11-13H2,1-3H3,(H,22,26)/p+1. The van der Waals surface area contributed by atoms with E-state index in [2.05, 4.69) is 31.4 Å². The highest BCUT2D eigenvalue weighted by molar-refractivity contribution is 5.97. The number of hydrogen-bond acceptors (Lipinski definition) is 3. The Kier molecular flexibility index (Phi) is 5.95. The van der Waals surface area contributed by atoms with Gasteiger partial charge in [-0.25, -0.2) is 4.98 Å². The van der Waals surface area contributed by atoms with Crippen molar-refractivity contribution in [2.75, 3.05) is 13.1 Å². The molecular weight excluding hydrogens is 340 g/mol. The predicted molar refractivity (Wildman–Crippen MR) is 107 cm³/mol. The van der Waals surface area contributed by atoms with E-state index in [-0.39, 0.29) is 17.0 Å². The lowest BCUT2D eigenvalue weighted by Crippen LogP contribution is -2.94. The number of rotatable bonds is 5. The lowest BCUT2D eigenvalue weighted by molar-refractivity contribution is -0.717. The van der Waals surface area contributed by atoms with Crippen LogP contribution >= 0.6 is 0 Å². The molecule has 1 aliphatic heterocycles. The van der Waals surface area contributed by atoms with Gasteiger partial charge in [-0.05, 0) is 51.8 Å². The van der Waals surface area contributed by atoms with Crippen molar-refractivity contribution in [3.63, 3.8) is 0 Å². The summed E-state index contributed by atoms with van der Waals surface area (Å²) in [6.07, 6.45) is 4.95. The second kappa shape index (κ2) is 8.21. The zero-order valence-electron chi connectivity index (χ0n) is 16.7. The van der Waals surface area contributed by atoms with Gasteiger partial charge in [-0.2, -0.15) is 0 Å². The summed E-state index contributed by atoms with van der Waals surface area (Å²) in [6.45, 7) is 8.89. The maximum Gasteiger partial charge on any atom is 0.261 e. The Labute approximate surface area is 160 Å². The quantitative estimate of drug-likeness (QED) is 0.784. The number of hydrogen-bond donors (Lipinski definition) is 2. The zero-order chi connectivity index (χ0) is 19.4. The van der Waals surface area contributed by atoms with E-state index in [4.69, 9.17) is 4.98 Å². The first-order chi connectivity index (χ1) is 12.8. The van der Waals surface area contributed by atoms with Crippen molar-refractivity contribution < 1.29 is 10.1 Å². The predicted octanol–water partition coefficient (Wildman–Crippen LogP) is 1.60. The summed E-state index contributed by atoms with van der Waals surface area (Å²) < 4.78 is 1.81. The Morgan fingerprint density at radius 2 is 2.07 bits per heavy atom. The first-order valence-corrected chi connectivity index (χ1v) is 10.0. The molecule has 0 spiro atoms. The van der Waals surface area contributed by atoms with Crippen LogP contribution in [0.3, 0.4) is 0 Å². The smallest absolute Gasteiger partial charge is 0.261 e. The molecule has 1 aromatic heterocycles. The van der Waals surface area contributed by atoms with Gasteiger partial charge in [0.2, 0.25) is 0 Å². The Bertz CT molecular complexity index is 880. The molecule has 0 aliphatic carbocycles. The van der Waals surface area contributed by atoms with Crippen LogP contribution in [0.25, 0.3) is 10.9 Å². The highest BCUT2D eigenvalue weighted by Crippen LogP contribution is 2.16. The minimum absolute atomic E-state index is 0.0153. The number of amides is 1. The molecule has 6 nitrogen and oxygen atoms in total. The van der Waals surface area contributed by atoms with Crippen LogP contribution in [-0.4, -0.2) is 34.1 Å². The Hall–Kier alpha value is -2.21. The van der Waals surface area contributed by atoms with Crippen molar-refractivity contribution in [1.82, 2.24) is 14.9 Å². The van der Waals surface area contributed by atoms with E-state index in [0.29, 0.717) is 23.0 Å². The molecule has 3 N–H and O–H groups in total. The number of fused-ring (bicyclic) bond motifs is 2. The van der Waals surface area contributed by atoms with Crippen molar-refractivity contribution in [2.24, 2.45) is 0 Å². The van der Waals surface area contributed by atoms with Gasteiger partial charge in [0, 0.05) is 31.5 Å². The molecule has 1 aromatic carbocycles. The van der Waals surface area contributed by atoms with Crippen LogP contribution in [0, 0.1) is 0 Å².